The maximum atomic E-state index is 13.9. The summed E-state index contributed by atoms with van der Waals surface area (Å²) in [6.45, 7) is 2.44. The fourth-order valence-corrected chi connectivity index (χ4v) is 2.00. The maximum absolute atomic E-state index is 13.9. The van der Waals surface area contributed by atoms with E-state index in [-0.39, 0.29) is 11.4 Å². The molecule has 4 N–H and O–H groups in total. The smallest absolute Gasteiger partial charge is 0.254 e. The number of aryl methyl sites for hydroxylation is 1. The van der Waals surface area contributed by atoms with Gasteiger partial charge in [0.05, 0.1) is 5.56 Å². The van der Waals surface area contributed by atoms with Crippen molar-refractivity contribution in [3.8, 4) is 0 Å². The molecule has 110 valence electrons. The number of hydrazine groups is 1. The van der Waals surface area contributed by atoms with Crippen LogP contribution in [0.1, 0.15) is 21.5 Å². The normalized spacial score (nSPS) is 10.2. The van der Waals surface area contributed by atoms with Crippen molar-refractivity contribution in [1.29, 1.82) is 0 Å². The zero-order chi connectivity index (χ0) is 15.2. The van der Waals surface area contributed by atoms with Crippen LogP contribution >= 0.6 is 0 Å². The minimum atomic E-state index is -0.756. The van der Waals surface area contributed by atoms with E-state index in [9.17, 15) is 9.18 Å². The van der Waals surface area contributed by atoms with Crippen LogP contribution in [0.3, 0.4) is 0 Å². The van der Waals surface area contributed by atoms with Gasteiger partial charge >= 0.3 is 0 Å². The number of nitrogens with two attached hydrogens (primary N) is 1. The second kappa shape index (κ2) is 6.81. The second-order valence-electron chi connectivity index (χ2n) is 4.66. The molecule has 6 heteroatoms. The highest BCUT2D eigenvalue weighted by Gasteiger charge is 2.15. The van der Waals surface area contributed by atoms with E-state index in [4.69, 9.17) is 5.84 Å². The van der Waals surface area contributed by atoms with Crippen LogP contribution in [-0.2, 0) is 6.42 Å². The molecule has 2 rings (SSSR count). The van der Waals surface area contributed by atoms with Crippen molar-refractivity contribution in [2.75, 3.05) is 12.0 Å². The first-order chi connectivity index (χ1) is 10.1. The lowest BCUT2D eigenvalue weighted by molar-refractivity contribution is 0.0950. The van der Waals surface area contributed by atoms with E-state index in [1.165, 1.54) is 12.3 Å². The maximum Gasteiger partial charge on any atom is 0.254 e. The van der Waals surface area contributed by atoms with E-state index in [0.717, 1.165) is 11.1 Å². The zero-order valence-corrected chi connectivity index (χ0v) is 11.7. The summed E-state index contributed by atoms with van der Waals surface area (Å²) in [7, 11) is 0. The van der Waals surface area contributed by atoms with Crippen molar-refractivity contribution >= 4 is 11.7 Å². The topological polar surface area (TPSA) is 80.0 Å². The summed E-state index contributed by atoms with van der Waals surface area (Å²) in [5.41, 5.74) is 4.32. The number of carbonyl (C=O) groups excluding carboxylic acids is 1. The molecule has 0 aliphatic carbocycles. The number of amides is 1. The first-order valence-corrected chi connectivity index (χ1v) is 6.56. The number of benzene rings is 1. The van der Waals surface area contributed by atoms with Gasteiger partial charge < -0.3 is 10.7 Å². The van der Waals surface area contributed by atoms with Crippen molar-refractivity contribution in [3.63, 3.8) is 0 Å². The molecule has 0 radical (unpaired) electrons. The van der Waals surface area contributed by atoms with Gasteiger partial charge in [-0.25, -0.2) is 15.2 Å². The summed E-state index contributed by atoms with van der Waals surface area (Å²) < 4.78 is 13.9. The van der Waals surface area contributed by atoms with E-state index in [1.54, 1.807) is 0 Å². The third kappa shape index (κ3) is 3.76. The molecule has 0 atom stereocenters. The van der Waals surface area contributed by atoms with Crippen molar-refractivity contribution in [1.82, 2.24) is 10.3 Å². The van der Waals surface area contributed by atoms with Crippen molar-refractivity contribution in [2.24, 2.45) is 5.84 Å². The molecule has 2 aromatic rings. The fraction of sp³-hybridized carbons (Fsp3) is 0.200. The fourth-order valence-electron chi connectivity index (χ4n) is 2.00. The molecule has 5 nitrogen and oxygen atoms in total. The van der Waals surface area contributed by atoms with Gasteiger partial charge in [0, 0.05) is 12.7 Å². The van der Waals surface area contributed by atoms with Gasteiger partial charge in [0.2, 0.25) is 0 Å². The van der Waals surface area contributed by atoms with E-state index < -0.39 is 11.7 Å². The van der Waals surface area contributed by atoms with E-state index >= 15 is 0 Å². The number of hydrogen-bond acceptors (Lipinski definition) is 4. The number of nitrogen functional groups attached to an aromatic ring is 1. The largest absolute Gasteiger partial charge is 0.352 e. The molecule has 1 aromatic heterocycles. The van der Waals surface area contributed by atoms with Crippen LogP contribution in [0, 0.1) is 12.7 Å². The van der Waals surface area contributed by atoms with Crippen LogP contribution in [0.25, 0.3) is 0 Å². The van der Waals surface area contributed by atoms with Crippen LogP contribution in [-0.4, -0.2) is 17.4 Å². The number of rotatable bonds is 5. The molecular formula is C15H17FN4O. The molecular weight excluding hydrogens is 271 g/mol. The van der Waals surface area contributed by atoms with Gasteiger partial charge in [-0.2, -0.15) is 0 Å². The Morgan fingerprint density at radius 2 is 2.19 bits per heavy atom. The summed E-state index contributed by atoms with van der Waals surface area (Å²) in [5, 5.41) is 2.68. The highest BCUT2D eigenvalue weighted by molar-refractivity contribution is 5.95. The first kappa shape index (κ1) is 14.9. The number of nitrogens with one attached hydrogen (secondary N) is 2. The summed E-state index contributed by atoms with van der Waals surface area (Å²) >= 11 is 0. The molecule has 1 heterocycles. The molecule has 1 aromatic carbocycles. The summed E-state index contributed by atoms with van der Waals surface area (Å²) in [6.07, 6.45) is 2.01. The van der Waals surface area contributed by atoms with Gasteiger partial charge in [-0.3, -0.25) is 4.79 Å². The second-order valence-corrected chi connectivity index (χ2v) is 4.66. The van der Waals surface area contributed by atoms with Crippen LogP contribution < -0.4 is 16.6 Å². The van der Waals surface area contributed by atoms with Crippen molar-refractivity contribution in [3.05, 3.63) is 59.0 Å². The third-order valence-electron chi connectivity index (χ3n) is 3.05. The quantitative estimate of drug-likeness (QED) is 0.579. The summed E-state index contributed by atoms with van der Waals surface area (Å²) in [5.74, 6) is 3.73. The zero-order valence-electron chi connectivity index (χ0n) is 11.7. The number of anilines is 1. The number of pyridine rings is 1. The third-order valence-corrected chi connectivity index (χ3v) is 3.05. The Labute approximate surface area is 122 Å². The lowest BCUT2D eigenvalue weighted by Gasteiger charge is -2.08. The minimum Gasteiger partial charge on any atom is -0.352 e. The van der Waals surface area contributed by atoms with E-state index in [0.29, 0.717) is 13.0 Å². The number of nitrogens with zero attached hydrogens (tertiary/aromatic N) is 1. The van der Waals surface area contributed by atoms with Crippen LogP contribution in [0.5, 0.6) is 0 Å². The standard InChI is InChI=1S/C15H17FN4O/c1-10-3-2-4-11(9-10)5-7-19-15(21)12-6-8-18-14(20-17)13(12)16/h2-4,6,8-9H,5,7,17H2,1H3,(H,18,20)(H,19,21). The molecule has 1 amide bonds. The molecule has 0 aliphatic heterocycles. The van der Waals surface area contributed by atoms with Gasteiger partial charge in [0.1, 0.15) is 0 Å². The predicted molar refractivity (Wildman–Crippen MR) is 79.2 cm³/mol. The molecule has 0 fully saturated rings. The van der Waals surface area contributed by atoms with Gasteiger partial charge in [-0.15, -0.1) is 0 Å². The predicted octanol–water partition coefficient (Wildman–Crippen LogP) is 1.79. The summed E-state index contributed by atoms with van der Waals surface area (Å²) in [4.78, 5) is 15.6. The van der Waals surface area contributed by atoms with Gasteiger partial charge in [0.15, 0.2) is 11.6 Å². The van der Waals surface area contributed by atoms with Crippen LogP contribution in [0.15, 0.2) is 36.5 Å². The number of halogens is 1. The molecule has 0 saturated heterocycles. The summed E-state index contributed by atoms with van der Waals surface area (Å²) in [6, 6.07) is 9.33. The van der Waals surface area contributed by atoms with E-state index in [1.807, 2.05) is 25.1 Å². The highest BCUT2D eigenvalue weighted by Crippen LogP contribution is 2.13. The Bertz CT molecular complexity index is 645. The molecule has 0 spiro atoms. The molecule has 0 aliphatic rings. The number of hydrogen-bond donors (Lipinski definition) is 3. The Morgan fingerprint density at radius 1 is 1.38 bits per heavy atom. The monoisotopic (exact) mass is 288 g/mol. The molecule has 0 saturated carbocycles. The Kier molecular flexibility index (Phi) is 4.84. The first-order valence-electron chi connectivity index (χ1n) is 6.56. The SMILES string of the molecule is Cc1cccc(CCNC(=O)c2ccnc(NN)c2F)c1. The van der Waals surface area contributed by atoms with Gasteiger partial charge in [0.25, 0.3) is 5.91 Å². The Balaban J connectivity index is 1.96. The van der Waals surface area contributed by atoms with E-state index in [2.05, 4.69) is 21.8 Å². The van der Waals surface area contributed by atoms with Gasteiger partial charge in [-0.05, 0) is 25.0 Å². The average Bonchev–Trinajstić information content (AvgIpc) is 2.47. The minimum absolute atomic E-state index is 0.0813. The molecule has 0 unspecified atom stereocenters. The van der Waals surface area contributed by atoms with Crippen molar-refractivity contribution in [2.45, 2.75) is 13.3 Å². The van der Waals surface area contributed by atoms with Crippen LogP contribution in [0.4, 0.5) is 10.2 Å². The van der Waals surface area contributed by atoms with Crippen LogP contribution in [0.2, 0.25) is 0 Å². The highest BCUT2D eigenvalue weighted by atomic mass is 19.1. The Morgan fingerprint density at radius 3 is 2.90 bits per heavy atom. The number of aromatic nitrogens is 1. The lowest BCUT2D eigenvalue weighted by atomic mass is 10.1. The lowest BCUT2D eigenvalue weighted by Crippen LogP contribution is -2.27. The average molecular weight is 288 g/mol. The molecule has 21 heavy (non-hydrogen) atoms. The van der Waals surface area contributed by atoms with Crippen molar-refractivity contribution < 1.29 is 9.18 Å². The van der Waals surface area contributed by atoms with Gasteiger partial charge in [-0.1, -0.05) is 29.8 Å². The Hall–Kier alpha value is -2.47. The molecule has 0 bridgehead atoms. The number of carbonyl (C=O) groups is 1.